The molecule has 3 rings (SSSR count). The van der Waals surface area contributed by atoms with Gasteiger partial charge in [-0.2, -0.15) is 0 Å². The van der Waals surface area contributed by atoms with Crippen LogP contribution >= 0.6 is 0 Å². The number of nitrogen functional groups attached to an aromatic ring is 1. The van der Waals surface area contributed by atoms with Gasteiger partial charge in [0.05, 0.1) is 5.92 Å². The number of fused-ring (bicyclic) bond motifs is 3. The summed E-state index contributed by atoms with van der Waals surface area (Å²) < 4.78 is 0. The van der Waals surface area contributed by atoms with Crippen molar-refractivity contribution < 1.29 is 9.90 Å². The Hall–Kier alpha value is -1.51. The monoisotopic (exact) mass is 189 g/mol. The molecule has 1 aromatic rings. The number of aliphatic carboxylic acids is 1. The summed E-state index contributed by atoms with van der Waals surface area (Å²) in [7, 11) is 0. The molecule has 0 aromatic heterocycles. The Morgan fingerprint density at radius 2 is 2.29 bits per heavy atom. The maximum Gasteiger partial charge on any atom is 0.307 e. The normalized spacial score (nSPS) is 32.1. The van der Waals surface area contributed by atoms with Crippen molar-refractivity contribution in [2.75, 3.05) is 5.73 Å². The molecule has 3 heteroatoms. The van der Waals surface area contributed by atoms with E-state index in [1.807, 2.05) is 18.2 Å². The molecule has 0 bridgehead atoms. The number of carboxylic acid groups (broad SMARTS) is 1. The van der Waals surface area contributed by atoms with Crippen LogP contribution in [0.4, 0.5) is 5.69 Å². The summed E-state index contributed by atoms with van der Waals surface area (Å²) in [5.74, 6) is -0.254. The van der Waals surface area contributed by atoms with E-state index in [0.29, 0.717) is 5.92 Å². The molecule has 2 aliphatic rings. The average molecular weight is 189 g/mol. The predicted octanol–water partition coefficient (Wildman–Crippen LogP) is 1.24. The van der Waals surface area contributed by atoms with Crippen molar-refractivity contribution in [2.45, 2.75) is 12.3 Å². The molecule has 0 spiro atoms. The second-order valence-electron chi connectivity index (χ2n) is 4.17. The van der Waals surface area contributed by atoms with Crippen molar-refractivity contribution >= 4 is 11.7 Å². The van der Waals surface area contributed by atoms with E-state index in [0.717, 1.165) is 12.1 Å². The molecule has 1 aromatic carbocycles. The molecular weight excluding hydrogens is 178 g/mol. The van der Waals surface area contributed by atoms with Crippen LogP contribution in [-0.4, -0.2) is 11.1 Å². The van der Waals surface area contributed by atoms with Gasteiger partial charge in [0.25, 0.3) is 0 Å². The van der Waals surface area contributed by atoms with Gasteiger partial charge in [0.15, 0.2) is 0 Å². The summed E-state index contributed by atoms with van der Waals surface area (Å²) in [6, 6.07) is 5.81. The molecule has 1 fully saturated rings. The zero-order valence-corrected chi connectivity index (χ0v) is 7.60. The van der Waals surface area contributed by atoms with Gasteiger partial charge < -0.3 is 10.8 Å². The number of carbonyl (C=O) groups is 1. The molecule has 0 heterocycles. The molecule has 0 unspecified atom stereocenters. The number of carboxylic acids is 1. The number of rotatable bonds is 1. The lowest BCUT2D eigenvalue weighted by Gasteiger charge is -2.07. The molecule has 14 heavy (non-hydrogen) atoms. The fraction of sp³-hybridized carbons (Fsp3) is 0.364. The SMILES string of the molecule is Nc1cccc2c1C[C@@H]1[C@@H](C(=O)O)[C@H]21. The van der Waals surface area contributed by atoms with Crippen molar-refractivity contribution in [1.29, 1.82) is 0 Å². The third-order valence-electron chi connectivity index (χ3n) is 3.50. The van der Waals surface area contributed by atoms with Crippen LogP contribution < -0.4 is 5.73 Å². The quantitative estimate of drug-likeness (QED) is 0.653. The van der Waals surface area contributed by atoms with E-state index < -0.39 is 5.97 Å². The summed E-state index contributed by atoms with van der Waals surface area (Å²) in [4.78, 5) is 10.8. The summed E-state index contributed by atoms with van der Waals surface area (Å²) in [5, 5.41) is 8.92. The van der Waals surface area contributed by atoms with E-state index in [2.05, 4.69) is 0 Å². The summed E-state index contributed by atoms with van der Waals surface area (Å²) in [6.45, 7) is 0. The largest absolute Gasteiger partial charge is 0.481 e. The molecule has 0 amide bonds. The van der Waals surface area contributed by atoms with Gasteiger partial charge in [-0.05, 0) is 29.5 Å². The van der Waals surface area contributed by atoms with Gasteiger partial charge in [-0.1, -0.05) is 12.1 Å². The zero-order valence-electron chi connectivity index (χ0n) is 7.60. The predicted molar refractivity (Wildman–Crippen MR) is 51.9 cm³/mol. The molecule has 2 aliphatic carbocycles. The minimum absolute atomic E-state index is 0.149. The van der Waals surface area contributed by atoms with E-state index in [1.165, 1.54) is 11.1 Å². The number of hydrogen-bond acceptors (Lipinski definition) is 2. The first-order chi connectivity index (χ1) is 6.70. The smallest absolute Gasteiger partial charge is 0.307 e. The molecule has 0 saturated heterocycles. The Labute approximate surface area is 81.5 Å². The van der Waals surface area contributed by atoms with E-state index in [1.54, 1.807) is 0 Å². The lowest BCUT2D eigenvalue weighted by atomic mass is 10.0. The molecular formula is C11H11NO2. The van der Waals surface area contributed by atoms with Crippen LogP contribution in [0, 0.1) is 11.8 Å². The number of benzene rings is 1. The summed E-state index contributed by atoms with van der Waals surface area (Å²) >= 11 is 0. The van der Waals surface area contributed by atoms with E-state index in [4.69, 9.17) is 10.8 Å². The van der Waals surface area contributed by atoms with Crippen LogP contribution in [0.15, 0.2) is 18.2 Å². The Bertz CT molecular complexity index is 427. The summed E-state index contributed by atoms with van der Waals surface area (Å²) in [5.41, 5.74) is 9.00. The number of nitrogens with two attached hydrogens (primary N) is 1. The van der Waals surface area contributed by atoms with Gasteiger partial charge in [0, 0.05) is 11.6 Å². The highest BCUT2D eigenvalue weighted by atomic mass is 16.4. The standard InChI is InChI=1S/C11H11NO2/c12-8-3-1-2-5-6(8)4-7-9(5)10(7)11(13)14/h1-3,7,9-10H,4,12H2,(H,13,14)/t7-,9+,10+/m0/s1. The van der Waals surface area contributed by atoms with Crippen LogP contribution in [0.1, 0.15) is 17.0 Å². The van der Waals surface area contributed by atoms with Gasteiger partial charge in [-0.25, -0.2) is 0 Å². The average Bonchev–Trinajstić information content (AvgIpc) is 2.73. The second-order valence-corrected chi connectivity index (χ2v) is 4.17. The Morgan fingerprint density at radius 1 is 1.50 bits per heavy atom. The van der Waals surface area contributed by atoms with Crippen molar-refractivity contribution in [2.24, 2.45) is 11.8 Å². The van der Waals surface area contributed by atoms with Crippen molar-refractivity contribution in [1.82, 2.24) is 0 Å². The first-order valence-electron chi connectivity index (χ1n) is 4.80. The Kier molecular flexibility index (Phi) is 1.29. The van der Waals surface area contributed by atoms with Crippen LogP contribution in [-0.2, 0) is 11.2 Å². The summed E-state index contributed by atoms with van der Waals surface area (Å²) in [6.07, 6.45) is 0.851. The van der Waals surface area contributed by atoms with Crippen molar-refractivity contribution in [3.8, 4) is 0 Å². The second kappa shape index (κ2) is 2.29. The molecule has 0 radical (unpaired) electrons. The molecule has 72 valence electrons. The van der Waals surface area contributed by atoms with E-state index >= 15 is 0 Å². The highest BCUT2D eigenvalue weighted by Gasteiger charge is 2.59. The first-order valence-corrected chi connectivity index (χ1v) is 4.80. The van der Waals surface area contributed by atoms with Gasteiger partial charge in [0.1, 0.15) is 0 Å². The fourth-order valence-electron chi connectivity index (χ4n) is 2.80. The van der Waals surface area contributed by atoms with Crippen LogP contribution in [0.25, 0.3) is 0 Å². The maximum atomic E-state index is 10.8. The molecule has 3 N–H and O–H groups in total. The zero-order chi connectivity index (χ0) is 9.87. The Morgan fingerprint density at radius 3 is 3.00 bits per heavy atom. The van der Waals surface area contributed by atoms with Crippen molar-refractivity contribution in [3.63, 3.8) is 0 Å². The van der Waals surface area contributed by atoms with Crippen LogP contribution in [0.3, 0.4) is 0 Å². The number of hydrogen-bond donors (Lipinski definition) is 2. The third-order valence-corrected chi connectivity index (χ3v) is 3.50. The third kappa shape index (κ3) is 0.794. The van der Waals surface area contributed by atoms with E-state index in [9.17, 15) is 4.79 Å². The van der Waals surface area contributed by atoms with Crippen LogP contribution in [0.2, 0.25) is 0 Å². The lowest BCUT2D eigenvalue weighted by Crippen LogP contribution is -2.06. The topological polar surface area (TPSA) is 63.3 Å². The Balaban J connectivity index is 2.03. The van der Waals surface area contributed by atoms with Crippen molar-refractivity contribution in [3.05, 3.63) is 29.3 Å². The molecule has 1 saturated carbocycles. The van der Waals surface area contributed by atoms with E-state index in [-0.39, 0.29) is 11.8 Å². The first kappa shape index (κ1) is 7.85. The van der Waals surface area contributed by atoms with Gasteiger partial charge >= 0.3 is 5.97 Å². The fourth-order valence-corrected chi connectivity index (χ4v) is 2.80. The highest BCUT2D eigenvalue weighted by molar-refractivity contribution is 5.78. The minimum Gasteiger partial charge on any atom is -0.481 e. The molecule has 3 atom stereocenters. The minimum atomic E-state index is -0.659. The maximum absolute atomic E-state index is 10.8. The van der Waals surface area contributed by atoms with Gasteiger partial charge in [-0.15, -0.1) is 0 Å². The molecule has 3 nitrogen and oxygen atoms in total. The van der Waals surface area contributed by atoms with Gasteiger partial charge in [-0.3, -0.25) is 4.79 Å². The number of anilines is 1. The van der Waals surface area contributed by atoms with Gasteiger partial charge in [0.2, 0.25) is 0 Å². The van der Waals surface area contributed by atoms with Crippen LogP contribution in [0.5, 0.6) is 0 Å². The lowest BCUT2D eigenvalue weighted by molar-refractivity contribution is -0.139. The highest BCUT2D eigenvalue weighted by Crippen LogP contribution is 2.62. The molecule has 0 aliphatic heterocycles.